The number of nitrogens with one attached hydrogen (secondary N) is 2. The number of Topliss-reactive ketones (excluding diaryl/α,β-unsaturated/α-hetero) is 1. The van der Waals surface area contributed by atoms with E-state index in [0.717, 1.165) is 28.2 Å². The van der Waals surface area contributed by atoms with Crippen LogP contribution < -0.4 is 5.32 Å². The molecule has 0 fully saturated rings. The molecule has 3 rings (SSSR count). The summed E-state index contributed by atoms with van der Waals surface area (Å²) >= 11 is 1.49. The van der Waals surface area contributed by atoms with E-state index in [0.29, 0.717) is 24.6 Å². The van der Waals surface area contributed by atoms with Crippen LogP contribution in [0.5, 0.6) is 0 Å². The van der Waals surface area contributed by atoms with Crippen LogP contribution in [0.2, 0.25) is 0 Å². The number of amides is 1. The first-order valence-corrected chi connectivity index (χ1v) is 10.6. The number of ketones is 1. The molecule has 3 aromatic rings. The third kappa shape index (κ3) is 5.60. The molecule has 0 bridgehead atoms. The number of aromatic amines is 1. The Morgan fingerprint density at radius 1 is 1.17 bits per heavy atom. The van der Waals surface area contributed by atoms with E-state index in [9.17, 15) is 14.0 Å². The van der Waals surface area contributed by atoms with Gasteiger partial charge >= 0.3 is 0 Å². The summed E-state index contributed by atoms with van der Waals surface area (Å²) in [5, 5.41) is 10.1. The van der Waals surface area contributed by atoms with Crippen LogP contribution in [0.15, 0.2) is 36.4 Å². The molecule has 2 aromatic heterocycles. The maximum atomic E-state index is 13.1. The van der Waals surface area contributed by atoms with Crippen molar-refractivity contribution in [2.75, 3.05) is 6.54 Å². The standard InChI is InChI=1S/C22H25FN4O2S/c1-14(28)18-12-11-17(30-18)5-4-6-19(29)24-13-22(2,3)21-25-20(26-27-21)15-7-9-16(23)10-8-15/h7-12H,4-6,13H2,1-3H3,(H,24,29)(H,25,26,27). The number of aryl methyl sites for hydroxylation is 1. The summed E-state index contributed by atoms with van der Waals surface area (Å²) in [5.41, 5.74) is 0.283. The van der Waals surface area contributed by atoms with Crippen molar-refractivity contribution in [3.63, 3.8) is 0 Å². The highest BCUT2D eigenvalue weighted by atomic mass is 32.1. The zero-order valence-electron chi connectivity index (χ0n) is 17.3. The lowest BCUT2D eigenvalue weighted by Crippen LogP contribution is -2.37. The van der Waals surface area contributed by atoms with Gasteiger partial charge in [0.25, 0.3) is 0 Å². The second-order valence-corrected chi connectivity index (χ2v) is 9.02. The minimum Gasteiger partial charge on any atom is -0.355 e. The number of hydrogen-bond acceptors (Lipinski definition) is 5. The monoisotopic (exact) mass is 428 g/mol. The number of H-pyrrole nitrogens is 1. The van der Waals surface area contributed by atoms with E-state index in [1.165, 1.54) is 23.5 Å². The van der Waals surface area contributed by atoms with Crippen molar-refractivity contribution in [2.24, 2.45) is 0 Å². The Labute approximate surface area is 178 Å². The fourth-order valence-corrected chi connectivity index (χ4v) is 3.85. The van der Waals surface area contributed by atoms with Gasteiger partial charge in [-0.15, -0.1) is 11.3 Å². The molecule has 0 saturated carbocycles. The first kappa shape index (κ1) is 21.8. The number of aromatic nitrogens is 3. The molecule has 1 aromatic carbocycles. The van der Waals surface area contributed by atoms with Crippen molar-refractivity contribution in [1.29, 1.82) is 0 Å². The van der Waals surface area contributed by atoms with Gasteiger partial charge in [-0.1, -0.05) is 13.8 Å². The quantitative estimate of drug-likeness (QED) is 0.498. The first-order valence-electron chi connectivity index (χ1n) is 9.80. The molecule has 1 amide bonds. The molecule has 0 spiro atoms. The van der Waals surface area contributed by atoms with Gasteiger partial charge < -0.3 is 5.32 Å². The Morgan fingerprint density at radius 2 is 1.90 bits per heavy atom. The molecule has 2 heterocycles. The molecule has 30 heavy (non-hydrogen) atoms. The lowest BCUT2D eigenvalue weighted by atomic mass is 9.92. The van der Waals surface area contributed by atoms with Crippen molar-refractivity contribution in [2.45, 2.75) is 45.4 Å². The van der Waals surface area contributed by atoms with Crippen molar-refractivity contribution < 1.29 is 14.0 Å². The smallest absolute Gasteiger partial charge is 0.220 e. The van der Waals surface area contributed by atoms with E-state index in [1.807, 2.05) is 26.0 Å². The van der Waals surface area contributed by atoms with E-state index in [2.05, 4.69) is 20.5 Å². The van der Waals surface area contributed by atoms with Crippen molar-refractivity contribution in [1.82, 2.24) is 20.5 Å². The zero-order valence-corrected chi connectivity index (χ0v) is 18.1. The fraction of sp³-hybridized carbons (Fsp3) is 0.364. The van der Waals surface area contributed by atoms with Gasteiger partial charge in [-0.3, -0.25) is 14.7 Å². The largest absolute Gasteiger partial charge is 0.355 e. The number of benzene rings is 1. The molecule has 6 nitrogen and oxygen atoms in total. The number of thiophene rings is 1. The van der Waals surface area contributed by atoms with Crippen molar-refractivity contribution in [3.05, 3.63) is 57.8 Å². The van der Waals surface area contributed by atoms with Crippen LogP contribution in [-0.4, -0.2) is 33.4 Å². The summed E-state index contributed by atoms with van der Waals surface area (Å²) in [5.74, 6) is 0.879. The Kier molecular flexibility index (Phi) is 6.77. The molecule has 0 saturated heterocycles. The molecule has 0 aliphatic carbocycles. The average Bonchev–Trinajstić information content (AvgIpc) is 3.37. The van der Waals surface area contributed by atoms with Crippen molar-refractivity contribution >= 4 is 23.0 Å². The molecular formula is C22H25FN4O2S. The van der Waals surface area contributed by atoms with Crippen LogP contribution in [0.25, 0.3) is 11.4 Å². The SMILES string of the molecule is CC(=O)c1ccc(CCCC(=O)NCC(C)(C)c2nc(-c3ccc(F)cc3)n[nH]2)s1. The van der Waals surface area contributed by atoms with Gasteiger partial charge in [-0.2, -0.15) is 5.10 Å². The Morgan fingerprint density at radius 3 is 2.57 bits per heavy atom. The highest BCUT2D eigenvalue weighted by molar-refractivity contribution is 7.14. The summed E-state index contributed by atoms with van der Waals surface area (Å²) in [6.45, 7) is 5.91. The minimum atomic E-state index is -0.439. The maximum Gasteiger partial charge on any atom is 0.220 e. The molecular weight excluding hydrogens is 403 g/mol. The predicted molar refractivity (Wildman–Crippen MR) is 115 cm³/mol. The Bertz CT molecular complexity index is 1020. The van der Waals surface area contributed by atoms with Crippen molar-refractivity contribution in [3.8, 4) is 11.4 Å². The lowest BCUT2D eigenvalue weighted by Gasteiger charge is -2.22. The van der Waals surface area contributed by atoms with Gasteiger partial charge in [-0.05, 0) is 56.2 Å². The number of halogens is 1. The van der Waals surface area contributed by atoms with Gasteiger partial charge in [0.1, 0.15) is 11.6 Å². The summed E-state index contributed by atoms with van der Waals surface area (Å²) in [6, 6.07) is 9.78. The first-order chi connectivity index (χ1) is 14.2. The highest BCUT2D eigenvalue weighted by Crippen LogP contribution is 2.22. The van der Waals surface area contributed by atoms with Crippen LogP contribution >= 0.6 is 11.3 Å². The minimum absolute atomic E-state index is 0.0234. The molecule has 0 aliphatic heterocycles. The number of hydrogen-bond donors (Lipinski definition) is 2. The molecule has 0 radical (unpaired) electrons. The molecule has 158 valence electrons. The van der Waals surface area contributed by atoms with E-state index in [1.54, 1.807) is 19.1 Å². The number of rotatable bonds is 9. The number of carbonyl (C=O) groups is 2. The van der Waals surface area contributed by atoms with Gasteiger partial charge in [0.2, 0.25) is 5.91 Å². The maximum absolute atomic E-state index is 13.1. The van der Waals surface area contributed by atoms with E-state index < -0.39 is 5.41 Å². The summed E-state index contributed by atoms with van der Waals surface area (Å²) < 4.78 is 13.1. The molecule has 2 N–H and O–H groups in total. The normalized spacial score (nSPS) is 11.5. The zero-order chi connectivity index (χ0) is 21.7. The predicted octanol–water partition coefficient (Wildman–Crippen LogP) is 4.29. The number of carbonyl (C=O) groups excluding carboxylic acids is 2. The van der Waals surface area contributed by atoms with Crippen LogP contribution in [-0.2, 0) is 16.6 Å². The fourth-order valence-electron chi connectivity index (χ4n) is 2.91. The van der Waals surface area contributed by atoms with Gasteiger partial charge in [0.15, 0.2) is 11.6 Å². The third-order valence-corrected chi connectivity index (χ3v) is 6.04. The van der Waals surface area contributed by atoms with E-state index in [4.69, 9.17) is 0 Å². The van der Waals surface area contributed by atoms with Gasteiger partial charge in [-0.25, -0.2) is 9.37 Å². The second-order valence-electron chi connectivity index (χ2n) is 7.85. The Balaban J connectivity index is 1.48. The summed E-state index contributed by atoms with van der Waals surface area (Å²) in [6.07, 6.45) is 1.92. The second kappa shape index (κ2) is 9.30. The number of nitrogens with zero attached hydrogens (tertiary/aromatic N) is 2. The Hall–Kier alpha value is -2.87. The topological polar surface area (TPSA) is 87.7 Å². The van der Waals surface area contributed by atoms with Crippen LogP contribution in [0, 0.1) is 5.82 Å². The summed E-state index contributed by atoms with van der Waals surface area (Å²) in [7, 11) is 0. The highest BCUT2D eigenvalue weighted by Gasteiger charge is 2.26. The van der Waals surface area contributed by atoms with Crippen LogP contribution in [0.4, 0.5) is 4.39 Å². The van der Waals surface area contributed by atoms with Crippen LogP contribution in [0.3, 0.4) is 0 Å². The third-order valence-electron chi connectivity index (χ3n) is 4.79. The molecule has 8 heteroatoms. The van der Waals surface area contributed by atoms with Gasteiger partial charge in [0, 0.05) is 28.8 Å². The van der Waals surface area contributed by atoms with Crippen LogP contribution in [0.1, 0.15) is 54.0 Å². The molecule has 0 unspecified atom stereocenters. The molecule has 0 aliphatic rings. The van der Waals surface area contributed by atoms with E-state index >= 15 is 0 Å². The average molecular weight is 429 g/mol. The molecule has 0 atom stereocenters. The lowest BCUT2D eigenvalue weighted by molar-refractivity contribution is -0.121. The summed E-state index contributed by atoms with van der Waals surface area (Å²) in [4.78, 5) is 30.0. The van der Waals surface area contributed by atoms with E-state index in [-0.39, 0.29) is 17.5 Å². The van der Waals surface area contributed by atoms with Gasteiger partial charge in [0.05, 0.1) is 4.88 Å².